The Bertz CT molecular complexity index is 899. The van der Waals surface area contributed by atoms with E-state index < -0.39 is 5.91 Å². The molecule has 7 nitrogen and oxygen atoms in total. The summed E-state index contributed by atoms with van der Waals surface area (Å²) in [5.74, 6) is 1.06. The van der Waals surface area contributed by atoms with Gasteiger partial charge in [-0.25, -0.2) is 5.43 Å². The van der Waals surface area contributed by atoms with Gasteiger partial charge in [0.05, 0.1) is 23.0 Å². The van der Waals surface area contributed by atoms with E-state index in [1.54, 1.807) is 36.4 Å². The zero-order valence-electron chi connectivity index (χ0n) is 16.3. The number of phenols is 1. The van der Waals surface area contributed by atoms with Crippen molar-refractivity contribution >= 4 is 34.7 Å². The highest BCUT2D eigenvalue weighted by Gasteiger charge is 2.12. The fraction of sp³-hybridized carbons (Fsp3) is 0.238. The van der Waals surface area contributed by atoms with E-state index in [9.17, 15) is 9.90 Å². The third-order valence-electron chi connectivity index (χ3n) is 3.59. The number of carbonyl (C=O) groups excluding carboxylic acids is 1. The highest BCUT2D eigenvalue weighted by atomic mass is 127. The van der Waals surface area contributed by atoms with Crippen molar-refractivity contribution in [2.75, 3.05) is 19.8 Å². The van der Waals surface area contributed by atoms with Crippen LogP contribution >= 0.6 is 22.6 Å². The number of nitrogens with one attached hydrogen (secondary N) is 1. The number of amides is 1. The number of hydrogen-bond donors (Lipinski definition) is 2. The molecule has 1 amide bonds. The van der Waals surface area contributed by atoms with Gasteiger partial charge < -0.3 is 19.3 Å². The van der Waals surface area contributed by atoms with Crippen LogP contribution in [0.1, 0.15) is 29.8 Å². The molecule has 0 saturated carbocycles. The van der Waals surface area contributed by atoms with Gasteiger partial charge in [0.15, 0.2) is 23.0 Å². The number of rotatable bonds is 10. The molecule has 154 valence electrons. The zero-order valence-corrected chi connectivity index (χ0v) is 18.4. The molecule has 29 heavy (non-hydrogen) atoms. The van der Waals surface area contributed by atoms with Crippen molar-refractivity contribution < 1.29 is 24.1 Å². The summed E-state index contributed by atoms with van der Waals surface area (Å²) in [6.45, 7) is 8.50. The summed E-state index contributed by atoms with van der Waals surface area (Å²) < 4.78 is 17.1. The Morgan fingerprint density at radius 3 is 2.55 bits per heavy atom. The standard InChI is InChI=1S/C21H23IN2O5/c1-4-9-29-17-8-7-15(12-18(17)27-5-2)21(26)24-23-13-14-10-16(22)20(25)19(11-14)28-6-3/h4,7-8,10-13,25H,1,5-6,9H2,2-3H3,(H,24,26)/b23-13+. The van der Waals surface area contributed by atoms with Gasteiger partial charge >= 0.3 is 0 Å². The molecule has 0 atom stereocenters. The lowest BCUT2D eigenvalue weighted by Crippen LogP contribution is -2.17. The minimum absolute atomic E-state index is 0.0795. The summed E-state index contributed by atoms with van der Waals surface area (Å²) >= 11 is 2.00. The summed E-state index contributed by atoms with van der Waals surface area (Å²) in [5.41, 5.74) is 3.54. The molecule has 0 aromatic heterocycles. The number of ether oxygens (including phenoxy) is 3. The van der Waals surface area contributed by atoms with Gasteiger partial charge in [-0.3, -0.25) is 4.79 Å². The van der Waals surface area contributed by atoms with Gasteiger partial charge in [0.1, 0.15) is 6.61 Å². The predicted molar refractivity (Wildman–Crippen MR) is 120 cm³/mol. The Morgan fingerprint density at radius 2 is 1.86 bits per heavy atom. The molecular weight excluding hydrogens is 487 g/mol. The number of carbonyl (C=O) groups is 1. The number of hydrazone groups is 1. The first-order chi connectivity index (χ1) is 14.0. The van der Waals surface area contributed by atoms with Crippen LogP contribution in [0.2, 0.25) is 0 Å². The largest absolute Gasteiger partial charge is 0.504 e. The smallest absolute Gasteiger partial charge is 0.271 e. The van der Waals surface area contributed by atoms with Crippen LogP contribution in [0.15, 0.2) is 48.1 Å². The van der Waals surface area contributed by atoms with E-state index >= 15 is 0 Å². The first-order valence-corrected chi connectivity index (χ1v) is 10.1. The minimum Gasteiger partial charge on any atom is -0.504 e. The first-order valence-electron chi connectivity index (χ1n) is 8.99. The highest BCUT2D eigenvalue weighted by Crippen LogP contribution is 2.32. The van der Waals surface area contributed by atoms with Gasteiger partial charge in [0.2, 0.25) is 0 Å². The minimum atomic E-state index is -0.393. The van der Waals surface area contributed by atoms with E-state index in [4.69, 9.17) is 14.2 Å². The molecule has 0 aliphatic carbocycles. The van der Waals surface area contributed by atoms with Gasteiger partial charge in [0, 0.05) is 5.56 Å². The molecule has 2 aromatic carbocycles. The second-order valence-electron chi connectivity index (χ2n) is 5.68. The van der Waals surface area contributed by atoms with Gasteiger partial charge in [-0.05, 0) is 72.3 Å². The van der Waals surface area contributed by atoms with Crippen LogP contribution < -0.4 is 19.6 Å². The van der Waals surface area contributed by atoms with Crippen LogP contribution in [-0.2, 0) is 0 Å². The molecule has 2 N–H and O–H groups in total. The number of aromatic hydroxyl groups is 1. The number of benzene rings is 2. The molecule has 0 radical (unpaired) electrons. The second kappa shape index (κ2) is 11.3. The van der Waals surface area contributed by atoms with Crippen LogP contribution in [-0.4, -0.2) is 37.0 Å². The molecule has 0 unspecified atom stereocenters. The molecule has 0 aliphatic heterocycles. The summed E-state index contributed by atoms with van der Waals surface area (Å²) in [5, 5.41) is 14.0. The van der Waals surface area contributed by atoms with E-state index in [2.05, 4.69) is 17.1 Å². The molecule has 0 heterocycles. The highest BCUT2D eigenvalue weighted by molar-refractivity contribution is 14.1. The molecule has 2 aromatic rings. The molecular formula is C21H23IN2O5. The SMILES string of the molecule is C=CCOc1ccc(C(=O)N/N=C/c2cc(I)c(O)c(OCC)c2)cc1OCC. The first kappa shape index (κ1) is 22.5. The third kappa shape index (κ3) is 6.38. The third-order valence-corrected chi connectivity index (χ3v) is 4.42. The summed E-state index contributed by atoms with van der Waals surface area (Å²) in [4.78, 5) is 12.4. The maximum absolute atomic E-state index is 12.4. The average molecular weight is 510 g/mol. The average Bonchev–Trinajstić information content (AvgIpc) is 2.71. The Kier molecular flexibility index (Phi) is 8.78. The zero-order chi connectivity index (χ0) is 21.2. The maximum Gasteiger partial charge on any atom is 0.271 e. The second-order valence-corrected chi connectivity index (χ2v) is 6.84. The molecule has 8 heteroatoms. The Hall–Kier alpha value is -2.75. The maximum atomic E-state index is 12.4. The van der Waals surface area contributed by atoms with Crippen LogP contribution in [0.25, 0.3) is 0 Å². The Labute approximate surface area is 183 Å². The lowest BCUT2D eigenvalue weighted by atomic mass is 10.2. The lowest BCUT2D eigenvalue weighted by molar-refractivity contribution is 0.0954. The van der Waals surface area contributed by atoms with E-state index in [0.29, 0.717) is 51.8 Å². The van der Waals surface area contributed by atoms with Crippen molar-refractivity contribution in [1.29, 1.82) is 0 Å². The Balaban J connectivity index is 2.12. The van der Waals surface area contributed by atoms with Crippen LogP contribution in [0.4, 0.5) is 0 Å². The van der Waals surface area contributed by atoms with E-state index in [-0.39, 0.29) is 5.75 Å². The van der Waals surface area contributed by atoms with Crippen molar-refractivity contribution in [2.24, 2.45) is 5.10 Å². The van der Waals surface area contributed by atoms with Gasteiger partial charge in [0.25, 0.3) is 5.91 Å². The summed E-state index contributed by atoms with van der Waals surface area (Å²) in [7, 11) is 0. The molecule has 0 bridgehead atoms. The molecule has 0 fully saturated rings. The number of phenolic OH excluding ortho intramolecular Hbond substituents is 1. The topological polar surface area (TPSA) is 89.4 Å². The molecule has 0 aliphatic rings. The van der Waals surface area contributed by atoms with E-state index in [0.717, 1.165) is 0 Å². The fourth-order valence-corrected chi connectivity index (χ4v) is 2.97. The van der Waals surface area contributed by atoms with Crippen LogP contribution in [0, 0.1) is 3.57 Å². The summed E-state index contributed by atoms with van der Waals surface area (Å²) in [6.07, 6.45) is 3.11. The van der Waals surface area contributed by atoms with Crippen molar-refractivity contribution in [3.05, 3.63) is 57.7 Å². The van der Waals surface area contributed by atoms with E-state index in [1.807, 2.05) is 36.4 Å². The molecule has 0 saturated heterocycles. The van der Waals surface area contributed by atoms with Gasteiger partial charge in [-0.1, -0.05) is 12.7 Å². The number of nitrogens with zero attached hydrogens (tertiary/aromatic N) is 1. The normalized spacial score (nSPS) is 10.6. The molecule has 2 rings (SSSR count). The van der Waals surface area contributed by atoms with Crippen LogP contribution in [0.3, 0.4) is 0 Å². The van der Waals surface area contributed by atoms with Crippen molar-refractivity contribution in [3.8, 4) is 23.0 Å². The fourth-order valence-electron chi connectivity index (χ4n) is 2.35. The number of halogens is 1. The van der Waals surface area contributed by atoms with Gasteiger partial charge in [-0.15, -0.1) is 0 Å². The monoisotopic (exact) mass is 510 g/mol. The van der Waals surface area contributed by atoms with E-state index in [1.165, 1.54) is 6.21 Å². The molecule has 0 spiro atoms. The number of hydrogen-bond acceptors (Lipinski definition) is 6. The lowest BCUT2D eigenvalue weighted by Gasteiger charge is -2.12. The van der Waals surface area contributed by atoms with Crippen LogP contribution in [0.5, 0.6) is 23.0 Å². The predicted octanol–water partition coefficient (Wildman–Crippen LogP) is 4.12. The summed E-state index contributed by atoms with van der Waals surface area (Å²) in [6, 6.07) is 8.28. The van der Waals surface area contributed by atoms with Crippen molar-refractivity contribution in [3.63, 3.8) is 0 Å². The van der Waals surface area contributed by atoms with Crippen molar-refractivity contribution in [2.45, 2.75) is 13.8 Å². The Morgan fingerprint density at radius 1 is 1.14 bits per heavy atom. The van der Waals surface area contributed by atoms with Gasteiger partial charge in [-0.2, -0.15) is 5.10 Å². The quantitative estimate of drug-likeness (QED) is 0.217. The van der Waals surface area contributed by atoms with Crippen molar-refractivity contribution in [1.82, 2.24) is 5.43 Å².